The molecule has 2 aromatic carbocycles. The molecule has 1 aliphatic rings. The van der Waals surface area contributed by atoms with Crippen molar-refractivity contribution in [3.05, 3.63) is 63.8 Å². The minimum Gasteiger partial charge on any atom is -0.358 e. The van der Waals surface area contributed by atoms with Gasteiger partial charge in [0.25, 0.3) is 0 Å². The van der Waals surface area contributed by atoms with Crippen LogP contribution in [0, 0.1) is 0 Å². The van der Waals surface area contributed by atoms with E-state index in [0.29, 0.717) is 34.5 Å². The van der Waals surface area contributed by atoms with E-state index in [0.717, 1.165) is 29.5 Å². The van der Waals surface area contributed by atoms with E-state index < -0.39 is 10.0 Å². The summed E-state index contributed by atoms with van der Waals surface area (Å²) >= 11 is 6.14. The number of carbonyl (C=O) groups is 1. The van der Waals surface area contributed by atoms with Crippen LogP contribution in [0.5, 0.6) is 0 Å². The molecule has 5 nitrogen and oxygen atoms in total. The van der Waals surface area contributed by atoms with Crippen molar-refractivity contribution in [2.75, 3.05) is 0 Å². The number of sulfonamides is 1. The molecule has 4 rings (SSSR count). The number of hydrogen-bond donors (Lipinski definition) is 2. The quantitative estimate of drug-likeness (QED) is 0.647. The lowest BCUT2D eigenvalue weighted by Crippen LogP contribution is -2.24. The standard InChI is InChI=1S/C21H21ClN2O3S/c1-2-13-10-15-18(24-17-8-5-9-19(25)21(15)17)11-20(13)28(26,27)23-12-14-6-3-4-7-16(14)22/h3-4,6-7,10-11,23-24H,2,5,8-9,12H2,1H3. The number of fused-ring (bicyclic) bond motifs is 3. The fraction of sp³-hybridized carbons (Fsp3) is 0.286. The van der Waals surface area contributed by atoms with Gasteiger partial charge in [0.2, 0.25) is 10.0 Å². The molecular weight excluding hydrogens is 396 g/mol. The van der Waals surface area contributed by atoms with Gasteiger partial charge in [-0.2, -0.15) is 0 Å². The van der Waals surface area contributed by atoms with Crippen LogP contribution in [0.2, 0.25) is 5.02 Å². The Morgan fingerprint density at radius 1 is 1.14 bits per heavy atom. The van der Waals surface area contributed by atoms with Crippen LogP contribution >= 0.6 is 11.6 Å². The molecule has 28 heavy (non-hydrogen) atoms. The van der Waals surface area contributed by atoms with Crippen LogP contribution in [0.1, 0.15) is 46.9 Å². The summed E-state index contributed by atoms with van der Waals surface area (Å²) in [7, 11) is -3.74. The summed E-state index contributed by atoms with van der Waals surface area (Å²) in [4.78, 5) is 15.9. The number of aromatic amines is 1. The van der Waals surface area contributed by atoms with Gasteiger partial charge in [0.05, 0.1) is 4.90 Å². The Hall–Kier alpha value is -2.15. The van der Waals surface area contributed by atoms with E-state index in [1.807, 2.05) is 19.1 Å². The number of Topliss-reactive ketones (excluding diaryl/α,β-unsaturated/α-hetero) is 1. The Balaban J connectivity index is 1.75. The topological polar surface area (TPSA) is 79.0 Å². The molecule has 0 unspecified atom stereocenters. The molecule has 146 valence electrons. The number of aryl methyl sites for hydroxylation is 2. The van der Waals surface area contributed by atoms with Crippen molar-refractivity contribution in [1.29, 1.82) is 0 Å². The summed E-state index contributed by atoms with van der Waals surface area (Å²) in [6.07, 6.45) is 2.72. The summed E-state index contributed by atoms with van der Waals surface area (Å²) in [5, 5.41) is 1.34. The number of halogens is 1. The van der Waals surface area contributed by atoms with E-state index in [1.165, 1.54) is 0 Å². The number of nitrogens with one attached hydrogen (secondary N) is 2. The fourth-order valence-corrected chi connectivity index (χ4v) is 5.32. The second-order valence-corrected chi connectivity index (χ2v) is 9.17. The maximum absolute atomic E-state index is 13.0. The monoisotopic (exact) mass is 416 g/mol. The van der Waals surface area contributed by atoms with Crippen LogP contribution < -0.4 is 4.72 Å². The van der Waals surface area contributed by atoms with E-state index in [-0.39, 0.29) is 17.2 Å². The molecule has 1 aliphatic carbocycles. The van der Waals surface area contributed by atoms with Gasteiger partial charge in [-0.1, -0.05) is 36.7 Å². The van der Waals surface area contributed by atoms with Crippen LogP contribution in [0.15, 0.2) is 41.3 Å². The number of rotatable bonds is 5. The van der Waals surface area contributed by atoms with Gasteiger partial charge in [0.1, 0.15) is 0 Å². The highest BCUT2D eigenvalue weighted by Gasteiger charge is 2.25. The molecule has 0 bridgehead atoms. The zero-order valence-corrected chi connectivity index (χ0v) is 17.1. The normalized spacial score (nSPS) is 14.4. The van der Waals surface area contributed by atoms with Crippen molar-refractivity contribution >= 4 is 38.3 Å². The molecule has 0 amide bonds. The first kappa shape index (κ1) is 19.2. The Morgan fingerprint density at radius 2 is 1.93 bits per heavy atom. The second kappa shape index (κ2) is 7.35. The van der Waals surface area contributed by atoms with Crippen molar-refractivity contribution in [2.45, 2.75) is 44.0 Å². The van der Waals surface area contributed by atoms with E-state index in [1.54, 1.807) is 24.3 Å². The SMILES string of the molecule is CCc1cc2c3c([nH]c2cc1S(=O)(=O)NCc1ccccc1Cl)CCCC3=O. The average Bonchev–Trinajstić information content (AvgIpc) is 3.05. The fourth-order valence-electron chi connectivity index (χ4n) is 3.80. The first-order valence-corrected chi connectivity index (χ1v) is 11.2. The highest BCUT2D eigenvalue weighted by Crippen LogP contribution is 2.32. The minimum atomic E-state index is -3.74. The van der Waals surface area contributed by atoms with Crippen LogP contribution in [-0.2, 0) is 29.4 Å². The maximum atomic E-state index is 13.0. The van der Waals surface area contributed by atoms with Gasteiger partial charge in [0.15, 0.2) is 5.78 Å². The van der Waals surface area contributed by atoms with E-state index in [2.05, 4.69) is 9.71 Å². The summed E-state index contributed by atoms with van der Waals surface area (Å²) < 4.78 is 28.7. The van der Waals surface area contributed by atoms with Gasteiger partial charge in [0, 0.05) is 40.1 Å². The lowest BCUT2D eigenvalue weighted by Gasteiger charge is -2.13. The number of aromatic nitrogens is 1. The Labute approximate surface area is 169 Å². The third-order valence-electron chi connectivity index (χ3n) is 5.25. The van der Waals surface area contributed by atoms with Crippen LogP contribution in [0.25, 0.3) is 10.9 Å². The Morgan fingerprint density at radius 3 is 2.68 bits per heavy atom. The van der Waals surface area contributed by atoms with Crippen molar-refractivity contribution in [1.82, 2.24) is 9.71 Å². The molecule has 0 atom stereocenters. The Kier molecular flexibility index (Phi) is 5.04. The highest BCUT2D eigenvalue weighted by atomic mass is 35.5. The van der Waals surface area contributed by atoms with Crippen molar-refractivity contribution in [3.63, 3.8) is 0 Å². The molecule has 3 aromatic rings. The van der Waals surface area contributed by atoms with Crippen molar-refractivity contribution in [3.8, 4) is 0 Å². The van der Waals surface area contributed by atoms with Gasteiger partial charge >= 0.3 is 0 Å². The predicted molar refractivity (Wildman–Crippen MR) is 110 cm³/mol. The maximum Gasteiger partial charge on any atom is 0.241 e. The van der Waals surface area contributed by atoms with Gasteiger partial charge in [-0.3, -0.25) is 4.79 Å². The molecule has 0 saturated carbocycles. The van der Waals surface area contributed by atoms with Gasteiger partial charge < -0.3 is 4.98 Å². The number of ketones is 1. The lowest BCUT2D eigenvalue weighted by atomic mass is 9.94. The molecule has 0 aliphatic heterocycles. The van der Waals surface area contributed by atoms with Crippen LogP contribution in [-0.4, -0.2) is 19.2 Å². The Bertz CT molecular complexity index is 1180. The molecule has 0 fully saturated rings. The minimum absolute atomic E-state index is 0.114. The summed E-state index contributed by atoms with van der Waals surface area (Å²) in [5.74, 6) is 0.127. The summed E-state index contributed by atoms with van der Waals surface area (Å²) in [6, 6.07) is 10.6. The molecular formula is C21H21ClN2O3S. The predicted octanol–water partition coefficient (Wildman–Crippen LogP) is 4.38. The third kappa shape index (κ3) is 3.36. The van der Waals surface area contributed by atoms with Crippen LogP contribution in [0.3, 0.4) is 0 Å². The van der Waals surface area contributed by atoms with Gasteiger partial charge in [-0.25, -0.2) is 13.1 Å². The summed E-state index contributed by atoms with van der Waals surface area (Å²) in [5.41, 5.74) is 3.73. The van der Waals surface area contributed by atoms with Crippen LogP contribution in [0.4, 0.5) is 0 Å². The third-order valence-corrected chi connectivity index (χ3v) is 7.10. The van der Waals surface area contributed by atoms with E-state index in [4.69, 9.17) is 11.6 Å². The number of benzene rings is 2. The van der Waals surface area contributed by atoms with Crippen molar-refractivity contribution < 1.29 is 13.2 Å². The molecule has 1 aromatic heterocycles. The largest absolute Gasteiger partial charge is 0.358 e. The van der Waals surface area contributed by atoms with Gasteiger partial charge in [-0.15, -0.1) is 0 Å². The smallest absolute Gasteiger partial charge is 0.241 e. The number of carbonyl (C=O) groups excluding carboxylic acids is 1. The molecule has 0 saturated heterocycles. The molecule has 7 heteroatoms. The highest BCUT2D eigenvalue weighted by molar-refractivity contribution is 7.89. The average molecular weight is 417 g/mol. The lowest BCUT2D eigenvalue weighted by molar-refractivity contribution is 0.0974. The molecule has 0 spiro atoms. The van der Waals surface area contributed by atoms with E-state index >= 15 is 0 Å². The zero-order valence-electron chi connectivity index (χ0n) is 15.5. The first-order valence-electron chi connectivity index (χ1n) is 9.34. The first-order chi connectivity index (χ1) is 13.4. The summed E-state index contributed by atoms with van der Waals surface area (Å²) in [6.45, 7) is 2.03. The number of hydrogen-bond acceptors (Lipinski definition) is 3. The molecule has 2 N–H and O–H groups in total. The zero-order chi connectivity index (χ0) is 19.9. The second-order valence-electron chi connectivity index (χ2n) is 7.03. The van der Waals surface area contributed by atoms with Crippen molar-refractivity contribution in [2.24, 2.45) is 0 Å². The molecule has 0 radical (unpaired) electrons. The molecule has 1 heterocycles. The van der Waals surface area contributed by atoms with E-state index in [9.17, 15) is 13.2 Å². The number of H-pyrrole nitrogens is 1. The van der Waals surface area contributed by atoms with Gasteiger partial charge in [-0.05, 0) is 48.6 Å².